The van der Waals surface area contributed by atoms with E-state index < -0.39 is 0 Å². The smallest absolute Gasteiger partial charge is 0.223 e. The van der Waals surface area contributed by atoms with Crippen LogP contribution in [0.15, 0.2) is 72.8 Å². The van der Waals surface area contributed by atoms with Crippen LogP contribution in [-0.4, -0.2) is 26.9 Å². The van der Waals surface area contributed by atoms with Gasteiger partial charge in [-0.05, 0) is 29.8 Å². The van der Waals surface area contributed by atoms with Gasteiger partial charge < -0.3 is 9.47 Å². The van der Waals surface area contributed by atoms with Gasteiger partial charge in [0.15, 0.2) is 0 Å². The minimum absolute atomic E-state index is 0.0610. The molecule has 3 aromatic carbocycles. The van der Waals surface area contributed by atoms with E-state index >= 15 is 0 Å². The number of likely N-dealkylation sites (tertiary alicyclic amines) is 1. The molecule has 0 aliphatic carbocycles. The van der Waals surface area contributed by atoms with Gasteiger partial charge in [0.25, 0.3) is 0 Å². The molecule has 156 valence electrons. The first-order valence-electron chi connectivity index (χ1n) is 10.3. The number of imidazole rings is 1. The zero-order valence-corrected chi connectivity index (χ0v) is 17.6. The number of carbonyl (C=O) groups excluding carboxylic acids is 1. The molecule has 4 nitrogen and oxygen atoms in total. The molecular formula is C25H21ClFN3O. The Kier molecular flexibility index (Phi) is 5.20. The second kappa shape index (κ2) is 8.16. The molecule has 0 radical (unpaired) electrons. The van der Waals surface area contributed by atoms with E-state index in [4.69, 9.17) is 16.6 Å². The fourth-order valence-electron chi connectivity index (χ4n) is 4.32. The van der Waals surface area contributed by atoms with Crippen LogP contribution in [0.3, 0.4) is 0 Å². The first kappa shape index (κ1) is 19.8. The Bertz CT molecular complexity index is 1230. The standard InChI is InChI=1S/C25H21ClFN3O/c26-20-9-6-10-21(27)19(20)16-30-23-12-5-4-11-22(23)28-25(30)18-13-24(31)29(15-18)14-17-7-2-1-3-8-17/h1-12,18H,13-16H2/t18-/m0/s1. The van der Waals surface area contributed by atoms with E-state index in [9.17, 15) is 9.18 Å². The number of halogens is 2. The monoisotopic (exact) mass is 433 g/mol. The van der Waals surface area contributed by atoms with Crippen LogP contribution in [0.5, 0.6) is 0 Å². The normalized spacial score (nSPS) is 16.4. The quantitative estimate of drug-likeness (QED) is 0.423. The number of rotatable bonds is 5. The highest BCUT2D eigenvalue weighted by Crippen LogP contribution is 2.32. The SMILES string of the molecule is O=C1C[C@H](c2nc3ccccc3n2Cc2c(F)cccc2Cl)CN1Cc1ccccc1. The summed E-state index contributed by atoms with van der Waals surface area (Å²) in [5.41, 5.74) is 3.27. The molecule has 6 heteroatoms. The number of benzene rings is 3. The zero-order valence-electron chi connectivity index (χ0n) is 16.8. The summed E-state index contributed by atoms with van der Waals surface area (Å²) in [7, 11) is 0. The van der Waals surface area contributed by atoms with Crippen molar-refractivity contribution in [3.63, 3.8) is 0 Å². The lowest BCUT2D eigenvalue weighted by molar-refractivity contribution is -0.128. The molecule has 5 rings (SSSR count). The van der Waals surface area contributed by atoms with E-state index in [-0.39, 0.29) is 24.2 Å². The third-order valence-electron chi connectivity index (χ3n) is 5.86. The Morgan fingerprint density at radius 3 is 2.55 bits per heavy atom. The van der Waals surface area contributed by atoms with Gasteiger partial charge in [-0.3, -0.25) is 4.79 Å². The molecule has 0 N–H and O–H groups in total. The largest absolute Gasteiger partial charge is 0.338 e. The first-order chi connectivity index (χ1) is 15.1. The molecule has 1 aliphatic heterocycles. The minimum Gasteiger partial charge on any atom is -0.338 e. The van der Waals surface area contributed by atoms with Crippen LogP contribution in [0.25, 0.3) is 11.0 Å². The van der Waals surface area contributed by atoms with Crippen molar-refractivity contribution in [1.82, 2.24) is 14.5 Å². The van der Waals surface area contributed by atoms with Gasteiger partial charge >= 0.3 is 0 Å². The summed E-state index contributed by atoms with van der Waals surface area (Å²) >= 11 is 6.31. The average molecular weight is 434 g/mol. The summed E-state index contributed by atoms with van der Waals surface area (Å²) in [6.07, 6.45) is 0.390. The number of fused-ring (bicyclic) bond motifs is 1. The second-order valence-corrected chi connectivity index (χ2v) is 8.31. The molecule has 31 heavy (non-hydrogen) atoms. The molecule has 1 aliphatic rings. The van der Waals surface area contributed by atoms with Crippen molar-refractivity contribution in [2.75, 3.05) is 6.54 Å². The van der Waals surface area contributed by atoms with Crippen LogP contribution in [0.2, 0.25) is 5.02 Å². The molecule has 2 heterocycles. The molecule has 0 spiro atoms. The van der Waals surface area contributed by atoms with Gasteiger partial charge in [-0.1, -0.05) is 60.1 Å². The van der Waals surface area contributed by atoms with Gasteiger partial charge in [-0.2, -0.15) is 0 Å². The van der Waals surface area contributed by atoms with E-state index in [2.05, 4.69) is 0 Å². The predicted octanol–water partition coefficient (Wildman–Crippen LogP) is 5.39. The summed E-state index contributed by atoms with van der Waals surface area (Å²) in [5.74, 6) is 0.499. The van der Waals surface area contributed by atoms with Crippen molar-refractivity contribution < 1.29 is 9.18 Å². The summed E-state index contributed by atoms with van der Waals surface area (Å²) in [4.78, 5) is 19.5. The number of amides is 1. The number of hydrogen-bond donors (Lipinski definition) is 0. The van der Waals surface area contributed by atoms with Gasteiger partial charge in [0.2, 0.25) is 5.91 Å². The van der Waals surface area contributed by atoms with Crippen molar-refractivity contribution in [2.45, 2.75) is 25.4 Å². The Hall–Kier alpha value is -3.18. The highest BCUT2D eigenvalue weighted by molar-refractivity contribution is 6.31. The molecule has 1 atom stereocenters. The Morgan fingerprint density at radius 2 is 1.74 bits per heavy atom. The van der Waals surface area contributed by atoms with Gasteiger partial charge in [0.1, 0.15) is 11.6 Å². The average Bonchev–Trinajstić information content (AvgIpc) is 3.32. The Balaban J connectivity index is 1.50. The number of para-hydroxylation sites is 2. The van der Waals surface area contributed by atoms with Crippen LogP contribution in [0, 0.1) is 5.82 Å². The summed E-state index contributed by atoms with van der Waals surface area (Å²) in [6.45, 7) is 1.43. The number of carbonyl (C=O) groups is 1. The Morgan fingerprint density at radius 1 is 0.968 bits per heavy atom. The van der Waals surface area contributed by atoms with E-state index in [1.807, 2.05) is 64.1 Å². The van der Waals surface area contributed by atoms with Crippen LogP contribution >= 0.6 is 11.6 Å². The minimum atomic E-state index is -0.343. The van der Waals surface area contributed by atoms with Crippen molar-refractivity contribution in [3.8, 4) is 0 Å². The van der Waals surface area contributed by atoms with Gasteiger partial charge in [0, 0.05) is 36.0 Å². The third kappa shape index (κ3) is 3.81. The lowest BCUT2D eigenvalue weighted by atomic mass is 10.1. The fourth-order valence-corrected chi connectivity index (χ4v) is 4.54. The fraction of sp³-hybridized carbons (Fsp3) is 0.200. The van der Waals surface area contributed by atoms with Crippen LogP contribution in [-0.2, 0) is 17.9 Å². The maximum Gasteiger partial charge on any atom is 0.223 e. The molecule has 4 aromatic rings. The molecule has 1 amide bonds. The van der Waals surface area contributed by atoms with E-state index in [0.717, 1.165) is 22.4 Å². The van der Waals surface area contributed by atoms with E-state index in [1.54, 1.807) is 12.1 Å². The predicted molar refractivity (Wildman–Crippen MR) is 119 cm³/mol. The maximum atomic E-state index is 14.5. The van der Waals surface area contributed by atoms with Gasteiger partial charge in [-0.15, -0.1) is 0 Å². The maximum absolute atomic E-state index is 14.5. The highest BCUT2D eigenvalue weighted by Gasteiger charge is 2.34. The lowest BCUT2D eigenvalue weighted by Crippen LogP contribution is -2.24. The van der Waals surface area contributed by atoms with Crippen molar-refractivity contribution in [1.29, 1.82) is 0 Å². The third-order valence-corrected chi connectivity index (χ3v) is 6.21. The van der Waals surface area contributed by atoms with Crippen LogP contribution in [0.1, 0.15) is 29.3 Å². The highest BCUT2D eigenvalue weighted by atomic mass is 35.5. The van der Waals surface area contributed by atoms with Crippen molar-refractivity contribution >= 4 is 28.5 Å². The first-order valence-corrected chi connectivity index (χ1v) is 10.7. The number of aromatic nitrogens is 2. The molecule has 1 saturated heterocycles. The molecule has 1 aromatic heterocycles. The van der Waals surface area contributed by atoms with Crippen molar-refractivity contribution in [2.24, 2.45) is 0 Å². The summed E-state index contributed by atoms with van der Waals surface area (Å²) < 4.78 is 16.5. The van der Waals surface area contributed by atoms with Crippen LogP contribution in [0.4, 0.5) is 4.39 Å². The molecule has 0 unspecified atom stereocenters. The molecule has 1 fully saturated rings. The topological polar surface area (TPSA) is 38.1 Å². The number of hydrogen-bond acceptors (Lipinski definition) is 2. The molecular weight excluding hydrogens is 413 g/mol. The van der Waals surface area contributed by atoms with Crippen molar-refractivity contribution in [3.05, 3.63) is 101 Å². The molecule has 0 bridgehead atoms. The summed E-state index contributed by atoms with van der Waals surface area (Å²) in [5, 5.41) is 0.386. The van der Waals surface area contributed by atoms with E-state index in [1.165, 1.54) is 6.07 Å². The zero-order chi connectivity index (χ0) is 21.4. The van der Waals surface area contributed by atoms with Crippen LogP contribution < -0.4 is 0 Å². The summed E-state index contributed by atoms with van der Waals surface area (Å²) in [6, 6.07) is 22.5. The molecule has 0 saturated carbocycles. The van der Waals surface area contributed by atoms with E-state index in [0.29, 0.717) is 30.1 Å². The van der Waals surface area contributed by atoms with Gasteiger partial charge in [-0.25, -0.2) is 9.37 Å². The number of nitrogens with zero attached hydrogens (tertiary/aromatic N) is 3. The second-order valence-electron chi connectivity index (χ2n) is 7.91. The Labute approximate surface area is 184 Å². The van der Waals surface area contributed by atoms with Gasteiger partial charge in [0.05, 0.1) is 17.6 Å². The lowest BCUT2D eigenvalue weighted by Gasteiger charge is -2.18.